The highest BCUT2D eigenvalue weighted by atomic mass is 35.5. The monoisotopic (exact) mass is 355 g/mol. The zero-order valence-electron chi connectivity index (χ0n) is 13.4. The third-order valence-corrected chi connectivity index (χ3v) is 3.79. The largest absolute Gasteiger partial charge is 0.354 e. The summed E-state index contributed by atoms with van der Waals surface area (Å²) in [6.45, 7) is 1.86. The molecule has 0 aliphatic carbocycles. The molecule has 126 valence electrons. The maximum absolute atomic E-state index is 13.3. The van der Waals surface area contributed by atoms with Gasteiger partial charge in [-0.1, -0.05) is 17.7 Å². The molecular weight excluding hydrogens is 341 g/mol. The number of nitrogens with one attached hydrogen (secondary N) is 2. The van der Waals surface area contributed by atoms with Gasteiger partial charge in [-0.05, 0) is 55.0 Å². The van der Waals surface area contributed by atoms with Crippen LogP contribution in [0.5, 0.6) is 0 Å². The molecule has 2 N–H and O–H groups in total. The van der Waals surface area contributed by atoms with Crippen LogP contribution in [0.15, 0.2) is 60.9 Å². The van der Waals surface area contributed by atoms with Crippen LogP contribution in [0.2, 0.25) is 5.02 Å². The van der Waals surface area contributed by atoms with Crippen LogP contribution in [0.4, 0.5) is 21.5 Å². The third-order valence-electron chi connectivity index (χ3n) is 3.55. The summed E-state index contributed by atoms with van der Waals surface area (Å²) in [4.78, 5) is 16.5. The molecule has 0 saturated carbocycles. The van der Waals surface area contributed by atoms with Crippen LogP contribution in [0.3, 0.4) is 0 Å². The molecule has 25 heavy (non-hydrogen) atoms. The van der Waals surface area contributed by atoms with Gasteiger partial charge in [-0.15, -0.1) is 0 Å². The second-order valence-corrected chi connectivity index (χ2v) is 5.95. The zero-order valence-corrected chi connectivity index (χ0v) is 14.1. The Hall–Kier alpha value is -2.92. The lowest BCUT2D eigenvalue weighted by atomic mass is 10.2. The summed E-state index contributed by atoms with van der Waals surface area (Å²) in [5.74, 6) is -0.633. The Bertz CT molecular complexity index is 930. The van der Waals surface area contributed by atoms with Gasteiger partial charge in [-0.25, -0.2) is 4.39 Å². The van der Waals surface area contributed by atoms with Gasteiger partial charge in [0.15, 0.2) is 0 Å². The first kappa shape index (κ1) is 16.9. The van der Waals surface area contributed by atoms with Crippen molar-refractivity contribution >= 4 is 34.6 Å². The van der Waals surface area contributed by atoms with Gasteiger partial charge in [0.2, 0.25) is 0 Å². The molecule has 0 fully saturated rings. The molecule has 1 amide bonds. The molecule has 1 heterocycles. The fourth-order valence-electron chi connectivity index (χ4n) is 2.33. The summed E-state index contributed by atoms with van der Waals surface area (Å²) in [5, 5.41) is 6.46. The highest BCUT2D eigenvalue weighted by Gasteiger charge is 2.09. The van der Waals surface area contributed by atoms with Gasteiger partial charge in [0.25, 0.3) is 5.91 Å². The van der Waals surface area contributed by atoms with Gasteiger partial charge in [-0.2, -0.15) is 0 Å². The number of amides is 1. The molecular formula is C19H15ClFN3O. The van der Waals surface area contributed by atoms with Crippen LogP contribution in [0, 0.1) is 12.7 Å². The number of rotatable bonds is 4. The van der Waals surface area contributed by atoms with Gasteiger partial charge >= 0.3 is 0 Å². The molecule has 0 unspecified atom stereocenters. The van der Waals surface area contributed by atoms with Crippen molar-refractivity contribution in [3.63, 3.8) is 0 Å². The van der Waals surface area contributed by atoms with Crippen LogP contribution in [-0.4, -0.2) is 10.9 Å². The number of benzene rings is 2. The van der Waals surface area contributed by atoms with E-state index in [4.69, 9.17) is 11.6 Å². The van der Waals surface area contributed by atoms with Crippen molar-refractivity contribution in [2.45, 2.75) is 6.92 Å². The maximum Gasteiger partial charge on any atom is 0.257 e. The number of pyridine rings is 1. The van der Waals surface area contributed by atoms with E-state index in [2.05, 4.69) is 15.6 Å². The van der Waals surface area contributed by atoms with E-state index in [9.17, 15) is 9.18 Å². The third kappa shape index (κ3) is 4.33. The van der Waals surface area contributed by atoms with Gasteiger partial charge in [0, 0.05) is 22.6 Å². The van der Waals surface area contributed by atoms with Crippen LogP contribution in [-0.2, 0) is 0 Å². The van der Waals surface area contributed by atoms with E-state index in [1.807, 2.05) is 6.92 Å². The molecule has 0 bridgehead atoms. The molecule has 0 atom stereocenters. The Morgan fingerprint density at radius 1 is 1.08 bits per heavy atom. The smallest absolute Gasteiger partial charge is 0.257 e. The summed E-state index contributed by atoms with van der Waals surface area (Å²) < 4.78 is 13.3. The Labute approximate surface area is 149 Å². The van der Waals surface area contributed by atoms with Gasteiger partial charge in [0.1, 0.15) is 5.82 Å². The first-order chi connectivity index (χ1) is 12.0. The average Bonchev–Trinajstić information content (AvgIpc) is 2.57. The van der Waals surface area contributed by atoms with Crippen molar-refractivity contribution in [3.8, 4) is 0 Å². The van der Waals surface area contributed by atoms with E-state index in [0.29, 0.717) is 27.6 Å². The maximum atomic E-state index is 13.3. The predicted octanol–water partition coefficient (Wildman–Crippen LogP) is 5.18. The number of hydrogen-bond donors (Lipinski definition) is 2. The Morgan fingerprint density at radius 3 is 2.68 bits per heavy atom. The van der Waals surface area contributed by atoms with Crippen molar-refractivity contribution in [1.29, 1.82) is 0 Å². The van der Waals surface area contributed by atoms with E-state index < -0.39 is 0 Å². The van der Waals surface area contributed by atoms with E-state index in [1.54, 1.807) is 42.6 Å². The number of aryl methyl sites for hydroxylation is 1. The molecule has 6 heteroatoms. The molecule has 0 saturated heterocycles. The highest BCUT2D eigenvalue weighted by molar-refractivity contribution is 6.30. The first-order valence-electron chi connectivity index (χ1n) is 7.56. The van der Waals surface area contributed by atoms with Crippen molar-refractivity contribution in [2.75, 3.05) is 10.6 Å². The number of halogens is 2. The predicted molar refractivity (Wildman–Crippen MR) is 98.1 cm³/mol. The summed E-state index contributed by atoms with van der Waals surface area (Å²) in [6.07, 6.45) is 3.03. The highest BCUT2D eigenvalue weighted by Crippen LogP contribution is 2.21. The lowest BCUT2D eigenvalue weighted by Crippen LogP contribution is -2.13. The summed E-state index contributed by atoms with van der Waals surface area (Å²) in [7, 11) is 0. The summed E-state index contributed by atoms with van der Waals surface area (Å²) >= 11 is 5.92. The minimum atomic E-state index is -0.343. The minimum absolute atomic E-state index is 0.291. The SMILES string of the molecule is Cc1cc(Cl)ccc1NC(=O)c1cncc(Nc2cccc(F)c2)c1. The zero-order chi connectivity index (χ0) is 17.8. The topological polar surface area (TPSA) is 54.0 Å². The molecule has 2 aromatic carbocycles. The Balaban J connectivity index is 1.77. The molecule has 3 rings (SSSR count). The summed E-state index contributed by atoms with van der Waals surface area (Å²) in [6, 6.07) is 12.9. The lowest BCUT2D eigenvalue weighted by molar-refractivity contribution is 0.102. The standard InChI is InChI=1S/C19H15ClFN3O/c1-12-7-14(20)5-6-18(12)24-19(25)13-8-17(11-22-10-13)23-16-4-2-3-15(21)9-16/h2-11,23H,1H3,(H,24,25). The van der Waals surface area contributed by atoms with Crippen molar-refractivity contribution in [3.05, 3.63) is 82.9 Å². The molecule has 1 aromatic heterocycles. The first-order valence-corrected chi connectivity index (χ1v) is 7.94. The van der Waals surface area contributed by atoms with Crippen LogP contribution in [0.25, 0.3) is 0 Å². The van der Waals surface area contributed by atoms with Gasteiger partial charge in [-0.3, -0.25) is 9.78 Å². The van der Waals surface area contributed by atoms with E-state index in [1.165, 1.54) is 18.3 Å². The van der Waals surface area contributed by atoms with Crippen molar-refractivity contribution in [2.24, 2.45) is 0 Å². The van der Waals surface area contributed by atoms with Crippen molar-refractivity contribution < 1.29 is 9.18 Å². The van der Waals surface area contributed by atoms with Gasteiger partial charge in [0.05, 0.1) is 17.4 Å². The number of nitrogens with zero attached hydrogens (tertiary/aromatic N) is 1. The Morgan fingerprint density at radius 2 is 1.92 bits per heavy atom. The van der Waals surface area contributed by atoms with E-state index >= 15 is 0 Å². The second kappa shape index (κ2) is 7.32. The summed E-state index contributed by atoms with van der Waals surface area (Å²) in [5.41, 5.74) is 3.09. The molecule has 3 aromatic rings. The fraction of sp³-hybridized carbons (Fsp3) is 0.0526. The molecule has 4 nitrogen and oxygen atoms in total. The molecule has 0 aliphatic heterocycles. The Kier molecular flexibility index (Phi) is 4.95. The van der Waals surface area contributed by atoms with Crippen molar-refractivity contribution in [1.82, 2.24) is 4.98 Å². The molecule has 0 radical (unpaired) electrons. The quantitative estimate of drug-likeness (QED) is 0.678. The number of carbonyl (C=O) groups is 1. The van der Waals surface area contributed by atoms with Crippen LogP contribution in [0.1, 0.15) is 15.9 Å². The van der Waals surface area contributed by atoms with Crippen LogP contribution < -0.4 is 10.6 Å². The second-order valence-electron chi connectivity index (χ2n) is 5.51. The van der Waals surface area contributed by atoms with E-state index in [0.717, 1.165) is 5.56 Å². The fourth-order valence-corrected chi connectivity index (χ4v) is 2.55. The number of carbonyl (C=O) groups excluding carboxylic acids is 1. The average molecular weight is 356 g/mol. The normalized spacial score (nSPS) is 10.4. The number of hydrogen-bond acceptors (Lipinski definition) is 3. The number of anilines is 3. The van der Waals surface area contributed by atoms with Gasteiger partial charge < -0.3 is 10.6 Å². The van der Waals surface area contributed by atoms with Crippen LogP contribution >= 0.6 is 11.6 Å². The molecule has 0 aliphatic rings. The number of aromatic nitrogens is 1. The van der Waals surface area contributed by atoms with E-state index in [-0.39, 0.29) is 11.7 Å². The lowest BCUT2D eigenvalue weighted by Gasteiger charge is -2.10. The molecule has 0 spiro atoms. The minimum Gasteiger partial charge on any atom is -0.354 e.